The normalized spacial score (nSPS) is 19.6. The second-order valence-corrected chi connectivity index (χ2v) is 14.7. The molecule has 3 saturated heterocycles. The second-order valence-electron chi connectivity index (χ2n) is 13.4. The highest BCUT2D eigenvalue weighted by atomic mass is 32.2. The van der Waals surface area contributed by atoms with E-state index in [0.717, 1.165) is 49.4 Å². The number of benzene rings is 3. The SMILES string of the molecule is Nc1ncnc(Oc2cccc(NC(=O)/C=C/CN3CCN(C(=O)CCCC[C@@H]4SCC5NC(=O)NC54)CC3)c2)c1-c1ccc(Oc2ccccc2)cc1. The minimum absolute atomic E-state index is 0.0628. The molecule has 0 saturated carbocycles. The van der Waals surface area contributed by atoms with Crippen LogP contribution < -0.4 is 31.2 Å². The summed E-state index contributed by atoms with van der Waals surface area (Å²) in [5.41, 5.74) is 8.14. The third-order valence-electron chi connectivity index (χ3n) is 9.71. The number of ether oxygens (including phenoxy) is 2. The van der Waals surface area contributed by atoms with Gasteiger partial charge in [0.1, 0.15) is 29.4 Å². The number of nitrogen functional groups attached to an aromatic ring is 1. The number of hydrogen-bond acceptors (Lipinski definition) is 10. The quantitative estimate of drug-likeness (QED) is 0.0718. The number of carbonyl (C=O) groups is 3. The highest BCUT2D eigenvalue weighted by Gasteiger charge is 2.42. The minimum Gasteiger partial charge on any atom is -0.457 e. The maximum atomic E-state index is 12.8. The number of nitrogens with zero attached hydrogens (tertiary/aromatic N) is 4. The fourth-order valence-electron chi connectivity index (χ4n) is 6.89. The third-order valence-corrected chi connectivity index (χ3v) is 11.2. The molecule has 2 unspecified atom stereocenters. The Morgan fingerprint density at radius 2 is 1.69 bits per heavy atom. The lowest BCUT2D eigenvalue weighted by Gasteiger charge is -2.34. The van der Waals surface area contributed by atoms with E-state index in [-0.39, 0.29) is 41.6 Å². The lowest BCUT2D eigenvalue weighted by Crippen LogP contribution is -2.48. The molecule has 0 aliphatic carbocycles. The molecular formula is C40H44N8O5S. The molecule has 4 heterocycles. The third kappa shape index (κ3) is 9.49. The lowest BCUT2D eigenvalue weighted by atomic mass is 10.0. The number of amides is 4. The largest absolute Gasteiger partial charge is 0.457 e. The predicted molar refractivity (Wildman–Crippen MR) is 210 cm³/mol. The maximum absolute atomic E-state index is 12.8. The summed E-state index contributed by atoms with van der Waals surface area (Å²) >= 11 is 1.91. The standard InChI is InChI=1S/C40H44N8O5S/c41-38-36(27-15-17-30(18-16-27)52-29-9-2-1-3-10-29)39(43-26-42-38)53-31-11-6-8-28(24-31)44-34(49)13-7-19-47-20-22-48(23-21-47)35(50)14-5-4-12-33-37-32(25-54-33)45-40(51)46-37/h1-3,6-11,13,15-18,24,26,32-33,37H,4-5,12,14,19-23,25H2,(H,44,49)(H2,41,42,43)(H2,45,46,51)/b13-7+/t32?,33-,37?/m0/s1. The number of thioether (sulfide) groups is 1. The van der Waals surface area contributed by atoms with Crippen molar-refractivity contribution in [2.24, 2.45) is 0 Å². The summed E-state index contributed by atoms with van der Waals surface area (Å²) < 4.78 is 12.1. The number of piperazine rings is 1. The van der Waals surface area contributed by atoms with Gasteiger partial charge in [0.25, 0.3) is 0 Å². The maximum Gasteiger partial charge on any atom is 0.315 e. The van der Waals surface area contributed by atoms with Gasteiger partial charge in [-0.05, 0) is 54.8 Å². The molecule has 0 radical (unpaired) electrons. The van der Waals surface area contributed by atoms with Crippen molar-refractivity contribution in [2.45, 2.75) is 43.0 Å². The smallest absolute Gasteiger partial charge is 0.315 e. The van der Waals surface area contributed by atoms with Crippen molar-refractivity contribution in [2.75, 3.05) is 49.5 Å². The van der Waals surface area contributed by atoms with Crippen LogP contribution in [0.25, 0.3) is 11.1 Å². The second kappa shape index (κ2) is 17.5. The van der Waals surface area contributed by atoms with Crippen LogP contribution in [-0.2, 0) is 9.59 Å². The van der Waals surface area contributed by atoms with Crippen LogP contribution >= 0.6 is 11.8 Å². The summed E-state index contributed by atoms with van der Waals surface area (Å²) in [5.74, 6) is 3.31. The van der Waals surface area contributed by atoms with Gasteiger partial charge in [-0.2, -0.15) is 11.8 Å². The van der Waals surface area contributed by atoms with Crippen molar-refractivity contribution >= 4 is 41.1 Å². The Balaban J connectivity index is 0.839. The molecule has 7 rings (SSSR count). The van der Waals surface area contributed by atoms with Crippen molar-refractivity contribution in [3.05, 3.63) is 97.3 Å². The van der Waals surface area contributed by atoms with Crippen LogP contribution in [0.3, 0.4) is 0 Å². The Labute approximate surface area is 318 Å². The minimum atomic E-state index is -0.260. The molecular weight excluding hydrogens is 705 g/mol. The van der Waals surface area contributed by atoms with Gasteiger partial charge in [0.2, 0.25) is 17.7 Å². The van der Waals surface area contributed by atoms with E-state index in [0.29, 0.717) is 54.1 Å². The number of para-hydroxylation sites is 1. The first kappa shape index (κ1) is 36.7. The van der Waals surface area contributed by atoms with Crippen LogP contribution in [0, 0.1) is 0 Å². The molecule has 13 nitrogen and oxygen atoms in total. The summed E-state index contributed by atoms with van der Waals surface area (Å²) in [6.07, 6.45) is 8.11. The zero-order chi connectivity index (χ0) is 37.3. The average Bonchev–Trinajstić information content (AvgIpc) is 3.73. The molecule has 280 valence electrons. The van der Waals surface area contributed by atoms with Gasteiger partial charge in [-0.15, -0.1) is 0 Å². The van der Waals surface area contributed by atoms with E-state index in [1.807, 2.05) is 77.3 Å². The molecule has 3 atom stereocenters. The Kier molecular flexibility index (Phi) is 11.9. The van der Waals surface area contributed by atoms with Crippen molar-refractivity contribution in [1.82, 2.24) is 30.4 Å². The number of carbonyl (C=O) groups excluding carboxylic acids is 3. The van der Waals surface area contributed by atoms with Gasteiger partial charge in [0.15, 0.2) is 0 Å². The molecule has 3 aliphatic rings. The van der Waals surface area contributed by atoms with E-state index in [9.17, 15) is 14.4 Å². The number of rotatable bonds is 14. The predicted octanol–water partition coefficient (Wildman–Crippen LogP) is 5.68. The zero-order valence-electron chi connectivity index (χ0n) is 29.9. The summed E-state index contributed by atoms with van der Waals surface area (Å²) in [7, 11) is 0. The highest BCUT2D eigenvalue weighted by molar-refractivity contribution is 8.00. The molecule has 3 aromatic carbocycles. The van der Waals surface area contributed by atoms with Gasteiger partial charge in [0.05, 0.1) is 17.6 Å². The Morgan fingerprint density at radius 1 is 0.907 bits per heavy atom. The fourth-order valence-corrected chi connectivity index (χ4v) is 8.43. The molecule has 3 aliphatic heterocycles. The molecule has 0 bridgehead atoms. The lowest BCUT2D eigenvalue weighted by molar-refractivity contribution is -0.133. The number of hydrogen-bond donors (Lipinski definition) is 4. The Bertz CT molecular complexity index is 1960. The van der Waals surface area contributed by atoms with Crippen LogP contribution in [0.4, 0.5) is 16.3 Å². The van der Waals surface area contributed by atoms with Gasteiger partial charge in [-0.3, -0.25) is 14.5 Å². The zero-order valence-corrected chi connectivity index (χ0v) is 30.7. The fraction of sp³-hybridized carbons (Fsp3) is 0.325. The molecule has 3 fully saturated rings. The summed E-state index contributed by atoms with van der Waals surface area (Å²) in [6, 6.07) is 24.4. The van der Waals surface area contributed by atoms with Gasteiger partial charge in [0, 0.05) is 68.0 Å². The van der Waals surface area contributed by atoms with E-state index < -0.39 is 0 Å². The van der Waals surface area contributed by atoms with Crippen molar-refractivity contribution < 1.29 is 23.9 Å². The van der Waals surface area contributed by atoms with E-state index in [1.165, 1.54) is 12.4 Å². The molecule has 4 aromatic rings. The van der Waals surface area contributed by atoms with Gasteiger partial charge in [-0.25, -0.2) is 14.8 Å². The molecule has 4 amide bonds. The topological polar surface area (TPSA) is 164 Å². The molecule has 1 aromatic heterocycles. The molecule has 14 heteroatoms. The van der Waals surface area contributed by atoms with Gasteiger partial charge in [-0.1, -0.05) is 48.9 Å². The van der Waals surface area contributed by atoms with Gasteiger partial charge < -0.3 is 36.1 Å². The number of aromatic nitrogens is 2. The van der Waals surface area contributed by atoms with Crippen LogP contribution in [0.15, 0.2) is 97.3 Å². The van der Waals surface area contributed by atoms with Crippen LogP contribution in [0.5, 0.6) is 23.1 Å². The first-order valence-corrected chi connectivity index (χ1v) is 19.3. The number of unbranched alkanes of at least 4 members (excludes halogenated alkanes) is 1. The van der Waals surface area contributed by atoms with Crippen LogP contribution in [-0.4, -0.2) is 93.4 Å². The average molecular weight is 749 g/mol. The number of urea groups is 1. The van der Waals surface area contributed by atoms with E-state index in [1.54, 1.807) is 24.3 Å². The summed E-state index contributed by atoms with van der Waals surface area (Å²) in [4.78, 5) is 49.9. The van der Waals surface area contributed by atoms with Crippen molar-refractivity contribution in [3.8, 4) is 34.3 Å². The van der Waals surface area contributed by atoms with E-state index >= 15 is 0 Å². The number of nitrogens with two attached hydrogens (primary N) is 1. The first-order valence-electron chi connectivity index (χ1n) is 18.3. The number of nitrogens with one attached hydrogen (secondary N) is 3. The Hall–Kier alpha value is -5.60. The highest BCUT2D eigenvalue weighted by Crippen LogP contribution is 2.37. The van der Waals surface area contributed by atoms with Crippen molar-refractivity contribution in [1.29, 1.82) is 0 Å². The molecule has 0 spiro atoms. The Morgan fingerprint density at radius 3 is 2.50 bits per heavy atom. The van der Waals surface area contributed by atoms with Crippen molar-refractivity contribution in [3.63, 3.8) is 0 Å². The number of fused-ring (bicyclic) bond motifs is 1. The van der Waals surface area contributed by atoms with Crippen LogP contribution in [0.2, 0.25) is 0 Å². The monoisotopic (exact) mass is 748 g/mol. The molecule has 54 heavy (non-hydrogen) atoms. The first-order chi connectivity index (χ1) is 26.4. The van der Waals surface area contributed by atoms with Gasteiger partial charge >= 0.3 is 6.03 Å². The number of anilines is 2. The van der Waals surface area contributed by atoms with E-state index in [4.69, 9.17) is 15.2 Å². The van der Waals surface area contributed by atoms with Crippen LogP contribution in [0.1, 0.15) is 25.7 Å². The summed E-state index contributed by atoms with van der Waals surface area (Å²) in [5, 5.41) is 9.32. The van der Waals surface area contributed by atoms with E-state index in [2.05, 4.69) is 30.8 Å². The summed E-state index contributed by atoms with van der Waals surface area (Å²) in [6.45, 7) is 3.49. The molecule has 5 N–H and O–H groups in total.